The first kappa shape index (κ1) is 18.3. The quantitative estimate of drug-likeness (QED) is 0.662. The number of nitrogens with zero attached hydrogens (tertiary/aromatic N) is 6. The molecule has 1 N–H and O–H groups in total. The lowest BCUT2D eigenvalue weighted by atomic mass is 9.89. The van der Waals surface area contributed by atoms with E-state index in [9.17, 15) is 5.11 Å². The van der Waals surface area contributed by atoms with Crippen LogP contribution in [-0.4, -0.2) is 59.9 Å². The summed E-state index contributed by atoms with van der Waals surface area (Å²) in [6, 6.07) is 5.67. The Morgan fingerprint density at radius 3 is 2.90 bits per heavy atom. The van der Waals surface area contributed by atoms with Crippen molar-refractivity contribution in [2.24, 2.45) is 0 Å². The maximum absolute atomic E-state index is 10.5. The number of aromatic hydroxyl groups is 1. The Balaban J connectivity index is 1.33. The van der Waals surface area contributed by atoms with Crippen LogP contribution in [0.25, 0.3) is 16.3 Å². The summed E-state index contributed by atoms with van der Waals surface area (Å²) in [5.41, 5.74) is 2.14. The fraction of sp³-hybridized carbons (Fsp3) is 0.400. The van der Waals surface area contributed by atoms with Crippen LogP contribution in [0, 0.1) is 6.92 Å². The Bertz CT molecular complexity index is 1090. The first-order chi connectivity index (χ1) is 13.9. The lowest BCUT2D eigenvalue weighted by Gasteiger charge is -2.43. The van der Waals surface area contributed by atoms with Gasteiger partial charge in [0.05, 0.1) is 23.1 Å². The molecule has 2 aliphatic heterocycles. The molecule has 29 heavy (non-hydrogen) atoms. The van der Waals surface area contributed by atoms with Gasteiger partial charge in [-0.25, -0.2) is 0 Å². The van der Waals surface area contributed by atoms with Gasteiger partial charge in [-0.15, -0.1) is 5.10 Å². The predicted octanol–water partition coefficient (Wildman–Crippen LogP) is 2.97. The van der Waals surface area contributed by atoms with Gasteiger partial charge < -0.3 is 9.84 Å². The molecule has 3 atom stereocenters. The monoisotopic (exact) mass is 410 g/mol. The zero-order chi connectivity index (χ0) is 20.2. The van der Waals surface area contributed by atoms with Gasteiger partial charge in [0, 0.05) is 30.5 Å². The van der Waals surface area contributed by atoms with Gasteiger partial charge in [0.15, 0.2) is 5.01 Å². The van der Waals surface area contributed by atoms with E-state index in [4.69, 9.17) is 4.74 Å². The van der Waals surface area contributed by atoms with E-state index in [2.05, 4.69) is 51.4 Å². The molecule has 0 saturated carbocycles. The van der Waals surface area contributed by atoms with Crippen LogP contribution < -0.4 is 4.74 Å². The van der Waals surface area contributed by atoms with Gasteiger partial charge in [0.25, 0.3) is 5.19 Å². The van der Waals surface area contributed by atoms with Crippen molar-refractivity contribution in [1.29, 1.82) is 0 Å². The minimum absolute atomic E-state index is 0.0358. The van der Waals surface area contributed by atoms with Crippen LogP contribution in [0.1, 0.15) is 25.5 Å². The average molecular weight is 411 g/mol. The Morgan fingerprint density at radius 2 is 2.17 bits per heavy atom. The molecule has 1 saturated heterocycles. The molecule has 2 aliphatic rings. The third-order valence-corrected chi connectivity index (χ3v) is 6.70. The summed E-state index contributed by atoms with van der Waals surface area (Å²) in [5.74, 6) is 0.106. The third kappa shape index (κ3) is 3.20. The van der Waals surface area contributed by atoms with Gasteiger partial charge in [0.1, 0.15) is 11.9 Å². The molecule has 0 aliphatic carbocycles. The number of piperidine rings is 1. The Kier molecular flexibility index (Phi) is 4.18. The second-order valence-corrected chi connectivity index (χ2v) is 8.86. The maximum Gasteiger partial charge on any atom is 0.294 e. The molecule has 5 rings (SSSR count). The molecule has 1 unspecified atom stereocenters. The third-order valence-electron chi connectivity index (χ3n) is 5.85. The second kappa shape index (κ2) is 6.64. The van der Waals surface area contributed by atoms with Crippen molar-refractivity contribution >= 4 is 11.3 Å². The van der Waals surface area contributed by atoms with Crippen molar-refractivity contribution in [3.8, 4) is 27.2 Å². The van der Waals surface area contributed by atoms with Crippen molar-refractivity contribution in [1.82, 2.24) is 30.1 Å². The molecular formula is C20H22N6O2S. The number of likely N-dealkylation sites (N-methyl/N-ethyl adjacent to an activating group) is 1. The normalized spacial score (nSPS) is 26.2. The number of ether oxygens (including phenoxy) is 1. The summed E-state index contributed by atoms with van der Waals surface area (Å²) in [5, 5.41) is 28.5. The SMILES string of the molecule is Cc1cnn(-c2ccc(-c3nnc(O[C@@H]4CC5C=C[C@@](C)(C4)N5C)s3)c(O)c2)n1. The van der Waals surface area contributed by atoms with Crippen molar-refractivity contribution in [3.63, 3.8) is 0 Å². The molecule has 0 amide bonds. The number of phenols is 1. The van der Waals surface area contributed by atoms with Crippen molar-refractivity contribution in [2.45, 2.75) is 44.4 Å². The summed E-state index contributed by atoms with van der Waals surface area (Å²) in [6.07, 6.45) is 8.17. The highest BCUT2D eigenvalue weighted by Gasteiger charge is 2.44. The van der Waals surface area contributed by atoms with Crippen LogP contribution in [-0.2, 0) is 0 Å². The predicted molar refractivity (Wildman–Crippen MR) is 109 cm³/mol. The molecule has 0 spiro atoms. The van der Waals surface area contributed by atoms with Gasteiger partial charge in [0.2, 0.25) is 0 Å². The van der Waals surface area contributed by atoms with E-state index in [1.807, 2.05) is 13.0 Å². The molecule has 9 heteroatoms. The summed E-state index contributed by atoms with van der Waals surface area (Å²) in [7, 11) is 2.16. The van der Waals surface area contributed by atoms with Crippen molar-refractivity contribution < 1.29 is 9.84 Å². The van der Waals surface area contributed by atoms with E-state index < -0.39 is 0 Å². The van der Waals surface area contributed by atoms with E-state index >= 15 is 0 Å². The number of hydrogen-bond donors (Lipinski definition) is 1. The number of hydrogen-bond acceptors (Lipinski definition) is 8. The lowest BCUT2D eigenvalue weighted by Crippen LogP contribution is -2.52. The number of phenolic OH excluding ortho intramolecular Hbond substituents is 1. The number of aromatic nitrogens is 5. The largest absolute Gasteiger partial charge is 0.507 e. The molecule has 4 heterocycles. The van der Waals surface area contributed by atoms with E-state index in [0.29, 0.717) is 27.5 Å². The Morgan fingerprint density at radius 1 is 1.31 bits per heavy atom. The van der Waals surface area contributed by atoms with E-state index in [1.54, 1.807) is 18.3 Å². The summed E-state index contributed by atoms with van der Waals surface area (Å²) in [4.78, 5) is 3.88. The minimum Gasteiger partial charge on any atom is -0.507 e. The summed E-state index contributed by atoms with van der Waals surface area (Å²) < 4.78 is 6.16. The molecule has 1 fully saturated rings. The van der Waals surface area contributed by atoms with E-state index in [1.165, 1.54) is 16.1 Å². The highest BCUT2D eigenvalue weighted by Crippen LogP contribution is 2.40. The highest BCUT2D eigenvalue weighted by molar-refractivity contribution is 7.16. The van der Waals surface area contributed by atoms with Gasteiger partial charge in [-0.3, -0.25) is 4.90 Å². The first-order valence-electron chi connectivity index (χ1n) is 9.56. The van der Waals surface area contributed by atoms with Gasteiger partial charge in [-0.2, -0.15) is 15.0 Å². The fourth-order valence-electron chi connectivity index (χ4n) is 4.09. The Labute approximate surface area is 172 Å². The number of rotatable bonds is 4. The molecule has 3 aromatic rings. The van der Waals surface area contributed by atoms with Crippen LogP contribution in [0.2, 0.25) is 0 Å². The molecule has 150 valence electrons. The van der Waals surface area contributed by atoms with Crippen LogP contribution >= 0.6 is 11.3 Å². The number of fused-ring (bicyclic) bond motifs is 2. The maximum atomic E-state index is 10.5. The number of benzene rings is 1. The van der Waals surface area contributed by atoms with Crippen LogP contribution in [0.5, 0.6) is 10.9 Å². The zero-order valence-electron chi connectivity index (χ0n) is 16.5. The number of aryl methyl sites for hydroxylation is 1. The van der Waals surface area contributed by atoms with Crippen LogP contribution in [0.3, 0.4) is 0 Å². The average Bonchev–Trinajstić information content (AvgIpc) is 3.35. The van der Waals surface area contributed by atoms with Crippen molar-refractivity contribution in [2.75, 3.05) is 7.05 Å². The van der Waals surface area contributed by atoms with Crippen molar-refractivity contribution in [3.05, 3.63) is 42.2 Å². The van der Waals surface area contributed by atoms with Gasteiger partial charge >= 0.3 is 0 Å². The van der Waals surface area contributed by atoms with E-state index in [0.717, 1.165) is 18.5 Å². The fourth-order valence-corrected chi connectivity index (χ4v) is 4.89. The van der Waals surface area contributed by atoms with Crippen LogP contribution in [0.4, 0.5) is 0 Å². The molecule has 2 bridgehead atoms. The molecule has 8 nitrogen and oxygen atoms in total. The van der Waals surface area contributed by atoms with Crippen LogP contribution in [0.15, 0.2) is 36.5 Å². The van der Waals surface area contributed by atoms with Gasteiger partial charge in [-0.1, -0.05) is 28.6 Å². The molecule has 1 aromatic carbocycles. The minimum atomic E-state index is 0.0358. The Hall–Kier alpha value is -2.78. The molecule has 2 aromatic heterocycles. The lowest BCUT2D eigenvalue weighted by molar-refractivity contribution is 0.0298. The highest BCUT2D eigenvalue weighted by atomic mass is 32.1. The van der Waals surface area contributed by atoms with E-state index in [-0.39, 0.29) is 17.4 Å². The summed E-state index contributed by atoms with van der Waals surface area (Å²) >= 11 is 1.35. The van der Waals surface area contributed by atoms with Gasteiger partial charge in [-0.05, 0) is 33.0 Å². The second-order valence-electron chi connectivity index (χ2n) is 7.92. The molecular weight excluding hydrogens is 388 g/mol. The smallest absolute Gasteiger partial charge is 0.294 e. The summed E-state index contributed by atoms with van der Waals surface area (Å²) in [6.45, 7) is 4.10. The topological polar surface area (TPSA) is 89.2 Å². The standard InChI is InChI=1S/C20H22N6O2S/c1-12-11-21-26(24-12)14-4-5-16(17(27)9-14)18-22-23-19(29-18)28-15-8-13-6-7-20(2,10-15)25(13)3/h4-7,9,11,13,15,27H,8,10H2,1-3H3/t13?,15-,20+/m1/s1. The zero-order valence-corrected chi connectivity index (χ0v) is 17.3. The first-order valence-corrected chi connectivity index (χ1v) is 10.4. The molecule has 0 radical (unpaired) electrons.